The summed E-state index contributed by atoms with van der Waals surface area (Å²) in [5.41, 5.74) is 0. The Bertz CT molecular complexity index is 220. The third-order valence-electron chi connectivity index (χ3n) is 3.41. The summed E-state index contributed by atoms with van der Waals surface area (Å²) in [7, 11) is 0. The maximum Gasteiger partial charge on any atom is 0.306 e. The summed E-state index contributed by atoms with van der Waals surface area (Å²) < 4.78 is 0. The lowest BCUT2D eigenvalue weighted by molar-refractivity contribution is -0.143. The van der Waals surface area contributed by atoms with Crippen molar-refractivity contribution in [3.8, 4) is 0 Å². The zero-order valence-corrected chi connectivity index (χ0v) is 9.98. The van der Waals surface area contributed by atoms with Gasteiger partial charge in [0.1, 0.15) is 0 Å². The van der Waals surface area contributed by atoms with Crippen molar-refractivity contribution in [3.63, 3.8) is 0 Å². The van der Waals surface area contributed by atoms with E-state index in [4.69, 9.17) is 5.11 Å². The van der Waals surface area contributed by atoms with Gasteiger partial charge in [-0.25, -0.2) is 0 Å². The van der Waals surface area contributed by atoms with E-state index in [1.807, 2.05) is 6.92 Å². The van der Waals surface area contributed by atoms with Gasteiger partial charge in [-0.1, -0.05) is 13.3 Å². The highest BCUT2D eigenvalue weighted by molar-refractivity contribution is 5.70. The van der Waals surface area contributed by atoms with Gasteiger partial charge in [-0.15, -0.1) is 0 Å². The predicted molar refractivity (Wildman–Crippen MR) is 62.3 cm³/mol. The topological polar surface area (TPSA) is 69.6 Å². The molecule has 1 aliphatic carbocycles. The van der Waals surface area contributed by atoms with E-state index < -0.39 is 5.97 Å². The fourth-order valence-electron chi connectivity index (χ4n) is 2.26. The molecule has 1 rings (SSSR count). The van der Waals surface area contributed by atoms with Crippen molar-refractivity contribution in [2.45, 2.75) is 57.6 Å². The third-order valence-corrected chi connectivity index (χ3v) is 3.41. The van der Waals surface area contributed by atoms with Gasteiger partial charge in [0, 0.05) is 6.04 Å². The molecule has 1 aliphatic rings. The molecule has 0 aromatic rings. The molecule has 0 aliphatic heterocycles. The van der Waals surface area contributed by atoms with E-state index in [1.165, 1.54) is 0 Å². The molecule has 3 unspecified atom stereocenters. The number of carboxylic acid groups (broad SMARTS) is 1. The molecule has 4 heteroatoms. The number of nitrogens with one attached hydrogen (secondary N) is 1. The number of aliphatic hydroxyl groups excluding tert-OH is 1. The molecular weight excluding hydrogens is 206 g/mol. The van der Waals surface area contributed by atoms with Gasteiger partial charge in [-0.3, -0.25) is 4.79 Å². The zero-order chi connectivity index (χ0) is 12.0. The van der Waals surface area contributed by atoms with Gasteiger partial charge in [0.2, 0.25) is 0 Å². The minimum atomic E-state index is -0.667. The first kappa shape index (κ1) is 13.5. The van der Waals surface area contributed by atoms with Crippen molar-refractivity contribution in [2.75, 3.05) is 6.54 Å². The van der Waals surface area contributed by atoms with Crippen LogP contribution < -0.4 is 5.32 Å². The summed E-state index contributed by atoms with van der Waals surface area (Å²) in [6, 6.07) is 0.318. The van der Waals surface area contributed by atoms with Crippen LogP contribution in [0.2, 0.25) is 0 Å². The maximum absolute atomic E-state index is 10.9. The first-order valence-electron chi connectivity index (χ1n) is 6.27. The van der Waals surface area contributed by atoms with Crippen LogP contribution in [-0.2, 0) is 4.79 Å². The molecule has 0 radical (unpaired) electrons. The van der Waals surface area contributed by atoms with E-state index in [1.54, 1.807) is 0 Å². The Morgan fingerprint density at radius 1 is 1.50 bits per heavy atom. The average molecular weight is 229 g/mol. The summed E-state index contributed by atoms with van der Waals surface area (Å²) in [6.45, 7) is 2.75. The molecule has 94 valence electrons. The molecular formula is C12H23NO3. The third kappa shape index (κ3) is 4.49. The molecule has 0 aromatic heterocycles. The quantitative estimate of drug-likeness (QED) is 0.643. The molecule has 0 spiro atoms. The fourth-order valence-corrected chi connectivity index (χ4v) is 2.26. The summed E-state index contributed by atoms with van der Waals surface area (Å²) in [4.78, 5) is 10.9. The van der Waals surface area contributed by atoms with Crippen LogP contribution >= 0.6 is 0 Å². The highest BCUT2D eigenvalue weighted by Gasteiger charge is 2.26. The molecule has 0 saturated heterocycles. The van der Waals surface area contributed by atoms with E-state index in [0.29, 0.717) is 6.04 Å². The average Bonchev–Trinajstić information content (AvgIpc) is 2.29. The van der Waals surface area contributed by atoms with Crippen molar-refractivity contribution >= 4 is 5.97 Å². The van der Waals surface area contributed by atoms with Crippen molar-refractivity contribution < 1.29 is 15.0 Å². The lowest BCUT2D eigenvalue weighted by Crippen LogP contribution is -2.37. The van der Waals surface area contributed by atoms with Gasteiger partial charge in [-0.2, -0.15) is 0 Å². The molecule has 4 nitrogen and oxygen atoms in total. The van der Waals surface area contributed by atoms with Crippen LogP contribution in [-0.4, -0.2) is 34.9 Å². The number of carbonyl (C=O) groups is 1. The van der Waals surface area contributed by atoms with E-state index in [2.05, 4.69) is 5.32 Å². The van der Waals surface area contributed by atoms with Gasteiger partial charge in [0.25, 0.3) is 0 Å². The second-order valence-electron chi connectivity index (χ2n) is 4.70. The SMILES string of the molecule is CCC(O)CCNC1CCCC(C(=O)O)C1. The zero-order valence-electron chi connectivity index (χ0n) is 9.98. The Morgan fingerprint density at radius 3 is 2.88 bits per heavy atom. The Hall–Kier alpha value is -0.610. The van der Waals surface area contributed by atoms with Crippen LogP contribution in [0.4, 0.5) is 0 Å². The highest BCUT2D eigenvalue weighted by Crippen LogP contribution is 2.24. The normalized spacial score (nSPS) is 27.6. The van der Waals surface area contributed by atoms with Crippen LogP contribution in [0.15, 0.2) is 0 Å². The second-order valence-corrected chi connectivity index (χ2v) is 4.70. The molecule has 0 aromatic carbocycles. The minimum absolute atomic E-state index is 0.178. The molecule has 1 fully saturated rings. The number of aliphatic hydroxyl groups is 1. The number of carboxylic acids is 1. The number of hydrogen-bond donors (Lipinski definition) is 3. The van der Waals surface area contributed by atoms with Crippen molar-refractivity contribution in [3.05, 3.63) is 0 Å². The Balaban J connectivity index is 2.19. The summed E-state index contributed by atoms with van der Waals surface area (Å²) in [5, 5.41) is 21.7. The van der Waals surface area contributed by atoms with Crippen molar-refractivity contribution in [2.24, 2.45) is 5.92 Å². The van der Waals surface area contributed by atoms with E-state index in [0.717, 1.165) is 45.1 Å². The second kappa shape index (κ2) is 6.86. The monoisotopic (exact) mass is 229 g/mol. The highest BCUT2D eigenvalue weighted by atomic mass is 16.4. The standard InChI is InChI=1S/C12H23NO3/c1-2-11(14)6-7-13-10-5-3-4-9(8-10)12(15)16/h9-11,13-14H,2-8H2,1H3,(H,15,16). The van der Waals surface area contributed by atoms with Gasteiger partial charge < -0.3 is 15.5 Å². The van der Waals surface area contributed by atoms with Crippen LogP contribution in [0.3, 0.4) is 0 Å². The van der Waals surface area contributed by atoms with Crippen LogP contribution in [0.25, 0.3) is 0 Å². The molecule has 0 heterocycles. The van der Waals surface area contributed by atoms with E-state index >= 15 is 0 Å². The largest absolute Gasteiger partial charge is 0.481 e. The molecule has 3 atom stereocenters. The summed E-state index contributed by atoms with van der Waals surface area (Å²) in [5.74, 6) is -0.845. The first-order chi connectivity index (χ1) is 7.63. The van der Waals surface area contributed by atoms with Gasteiger partial charge >= 0.3 is 5.97 Å². The van der Waals surface area contributed by atoms with Gasteiger partial charge in [0.15, 0.2) is 0 Å². The molecule has 16 heavy (non-hydrogen) atoms. The predicted octanol–water partition coefficient (Wildman–Crippen LogP) is 1.38. The molecule has 0 bridgehead atoms. The van der Waals surface area contributed by atoms with Crippen LogP contribution in [0, 0.1) is 5.92 Å². The summed E-state index contributed by atoms with van der Waals surface area (Å²) in [6.07, 6.45) is 4.90. The number of aliphatic carboxylic acids is 1. The van der Waals surface area contributed by atoms with Crippen molar-refractivity contribution in [1.82, 2.24) is 5.32 Å². The smallest absolute Gasteiger partial charge is 0.306 e. The first-order valence-corrected chi connectivity index (χ1v) is 6.27. The molecule has 1 saturated carbocycles. The lowest BCUT2D eigenvalue weighted by atomic mass is 9.86. The van der Waals surface area contributed by atoms with Gasteiger partial charge in [0.05, 0.1) is 12.0 Å². The van der Waals surface area contributed by atoms with E-state index in [-0.39, 0.29) is 12.0 Å². The van der Waals surface area contributed by atoms with Crippen LogP contribution in [0.5, 0.6) is 0 Å². The molecule has 3 N–H and O–H groups in total. The minimum Gasteiger partial charge on any atom is -0.481 e. The van der Waals surface area contributed by atoms with E-state index in [9.17, 15) is 9.90 Å². The lowest BCUT2D eigenvalue weighted by Gasteiger charge is -2.27. The Kier molecular flexibility index (Phi) is 5.77. The van der Waals surface area contributed by atoms with Gasteiger partial charge in [-0.05, 0) is 38.6 Å². The number of rotatable bonds is 6. The van der Waals surface area contributed by atoms with Crippen LogP contribution in [0.1, 0.15) is 45.4 Å². The Morgan fingerprint density at radius 2 is 2.25 bits per heavy atom. The Labute approximate surface area is 97.0 Å². The van der Waals surface area contributed by atoms with Crippen molar-refractivity contribution in [1.29, 1.82) is 0 Å². The summed E-state index contributed by atoms with van der Waals surface area (Å²) >= 11 is 0. The maximum atomic E-state index is 10.9. The fraction of sp³-hybridized carbons (Fsp3) is 0.917. The number of hydrogen-bond acceptors (Lipinski definition) is 3. The molecule has 0 amide bonds.